The highest BCUT2D eigenvalue weighted by molar-refractivity contribution is 5.35. The van der Waals surface area contributed by atoms with Gasteiger partial charge in [-0.1, -0.05) is 48.5 Å². The molecule has 0 bridgehead atoms. The Balaban J connectivity index is 2.12. The second-order valence-electron chi connectivity index (χ2n) is 4.50. The molecule has 0 unspecified atom stereocenters. The molecule has 19 heavy (non-hydrogen) atoms. The number of para-hydroxylation sites is 1. The molecule has 2 rings (SSSR count). The van der Waals surface area contributed by atoms with Crippen LogP contribution in [0.1, 0.15) is 24.2 Å². The van der Waals surface area contributed by atoms with Crippen molar-refractivity contribution in [1.82, 2.24) is 0 Å². The van der Waals surface area contributed by atoms with Crippen LogP contribution in [0.3, 0.4) is 0 Å². The van der Waals surface area contributed by atoms with Gasteiger partial charge in [-0.05, 0) is 18.6 Å². The van der Waals surface area contributed by atoms with Gasteiger partial charge in [-0.3, -0.25) is 0 Å². The molecule has 0 saturated heterocycles. The summed E-state index contributed by atoms with van der Waals surface area (Å²) in [6, 6.07) is 17.0. The third kappa shape index (κ3) is 3.56. The van der Waals surface area contributed by atoms with Gasteiger partial charge >= 0.3 is 0 Å². The van der Waals surface area contributed by atoms with Crippen LogP contribution >= 0.6 is 0 Å². The van der Waals surface area contributed by atoms with E-state index in [4.69, 9.17) is 4.74 Å². The summed E-state index contributed by atoms with van der Waals surface area (Å²) in [6.07, 6.45) is -1.77. The van der Waals surface area contributed by atoms with E-state index in [-0.39, 0.29) is 0 Å². The zero-order valence-corrected chi connectivity index (χ0v) is 10.9. The number of aliphatic hydroxyl groups is 2. The van der Waals surface area contributed by atoms with Gasteiger partial charge in [0, 0.05) is 5.56 Å². The van der Waals surface area contributed by atoms with Gasteiger partial charge in [-0.25, -0.2) is 0 Å². The molecule has 2 N–H and O–H groups in total. The maximum absolute atomic E-state index is 9.95. The first-order valence-corrected chi connectivity index (χ1v) is 6.30. The lowest BCUT2D eigenvalue weighted by Crippen LogP contribution is -2.15. The Kier molecular flexibility index (Phi) is 4.55. The Labute approximate surface area is 113 Å². The van der Waals surface area contributed by atoms with Crippen LogP contribution in [0.25, 0.3) is 0 Å². The molecule has 0 saturated carbocycles. The van der Waals surface area contributed by atoms with Gasteiger partial charge in [0.15, 0.2) is 0 Å². The second-order valence-corrected chi connectivity index (χ2v) is 4.50. The first-order valence-electron chi connectivity index (χ1n) is 6.30. The summed E-state index contributed by atoms with van der Waals surface area (Å²) in [5, 5.41) is 19.4. The van der Waals surface area contributed by atoms with Crippen molar-refractivity contribution in [2.45, 2.75) is 25.7 Å². The van der Waals surface area contributed by atoms with Crippen molar-refractivity contribution in [2.24, 2.45) is 0 Å². The standard InChI is InChI=1S/C16H18O3/c1-12(17)16(18)14-9-5-6-10-15(14)19-11-13-7-3-2-4-8-13/h2-10,12,16-18H,11H2,1H3/t12-,16+/m1/s1. The number of rotatable bonds is 5. The summed E-state index contributed by atoms with van der Waals surface area (Å²) < 4.78 is 5.72. The van der Waals surface area contributed by atoms with Gasteiger partial charge in [-0.2, -0.15) is 0 Å². The highest BCUT2D eigenvalue weighted by Gasteiger charge is 2.17. The first kappa shape index (κ1) is 13.6. The number of ether oxygens (including phenoxy) is 1. The summed E-state index contributed by atoms with van der Waals surface area (Å²) in [5.41, 5.74) is 1.66. The van der Waals surface area contributed by atoms with Gasteiger partial charge in [0.1, 0.15) is 18.5 Å². The maximum Gasteiger partial charge on any atom is 0.125 e. The van der Waals surface area contributed by atoms with E-state index < -0.39 is 12.2 Å². The van der Waals surface area contributed by atoms with Crippen LogP contribution in [-0.4, -0.2) is 16.3 Å². The van der Waals surface area contributed by atoms with Crippen LogP contribution < -0.4 is 4.74 Å². The minimum absolute atomic E-state index is 0.435. The van der Waals surface area contributed by atoms with E-state index in [0.29, 0.717) is 17.9 Å². The Morgan fingerprint density at radius 1 is 0.947 bits per heavy atom. The molecule has 0 heterocycles. The lowest BCUT2D eigenvalue weighted by Gasteiger charge is -2.18. The molecule has 0 radical (unpaired) electrons. The van der Waals surface area contributed by atoms with Gasteiger partial charge in [0.05, 0.1) is 6.10 Å². The monoisotopic (exact) mass is 258 g/mol. The molecule has 2 aromatic carbocycles. The van der Waals surface area contributed by atoms with Gasteiger partial charge in [-0.15, -0.1) is 0 Å². The van der Waals surface area contributed by atoms with Crippen LogP contribution in [0.4, 0.5) is 0 Å². The summed E-state index contributed by atoms with van der Waals surface area (Å²) in [4.78, 5) is 0. The zero-order chi connectivity index (χ0) is 13.7. The van der Waals surface area contributed by atoms with Crippen LogP contribution in [0.15, 0.2) is 54.6 Å². The van der Waals surface area contributed by atoms with Gasteiger partial charge in [0.2, 0.25) is 0 Å². The van der Waals surface area contributed by atoms with Crippen molar-refractivity contribution < 1.29 is 14.9 Å². The fraction of sp³-hybridized carbons (Fsp3) is 0.250. The normalized spacial score (nSPS) is 13.8. The van der Waals surface area contributed by atoms with Crippen molar-refractivity contribution in [3.63, 3.8) is 0 Å². The Morgan fingerprint density at radius 2 is 1.58 bits per heavy atom. The molecule has 3 nitrogen and oxygen atoms in total. The molecule has 0 aliphatic rings. The molecule has 0 aliphatic heterocycles. The molecule has 100 valence electrons. The van der Waals surface area contributed by atoms with Crippen LogP contribution in [0, 0.1) is 0 Å². The van der Waals surface area contributed by atoms with Gasteiger partial charge < -0.3 is 14.9 Å². The summed E-state index contributed by atoms with van der Waals surface area (Å²) in [6.45, 7) is 1.99. The predicted octanol–water partition coefficient (Wildman–Crippen LogP) is 2.68. The number of hydrogen-bond donors (Lipinski definition) is 2. The lowest BCUT2D eigenvalue weighted by molar-refractivity contribution is 0.0285. The molecule has 0 spiro atoms. The van der Waals surface area contributed by atoms with E-state index in [2.05, 4.69) is 0 Å². The highest BCUT2D eigenvalue weighted by Crippen LogP contribution is 2.27. The Morgan fingerprint density at radius 3 is 2.26 bits per heavy atom. The Hall–Kier alpha value is -1.84. The Bertz CT molecular complexity index is 508. The molecule has 0 aliphatic carbocycles. The van der Waals surface area contributed by atoms with Crippen LogP contribution in [-0.2, 0) is 6.61 Å². The molecule has 3 heteroatoms. The molecule has 0 fully saturated rings. The average molecular weight is 258 g/mol. The molecular formula is C16H18O3. The SMILES string of the molecule is C[C@@H](O)[C@H](O)c1ccccc1OCc1ccccc1. The van der Waals surface area contributed by atoms with Crippen molar-refractivity contribution in [1.29, 1.82) is 0 Å². The fourth-order valence-electron chi connectivity index (χ4n) is 1.85. The quantitative estimate of drug-likeness (QED) is 0.867. The van der Waals surface area contributed by atoms with E-state index in [1.165, 1.54) is 0 Å². The molecule has 0 aromatic heterocycles. The van der Waals surface area contributed by atoms with Crippen molar-refractivity contribution in [3.05, 3.63) is 65.7 Å². The van der Waals surface area contributed by atoms with E-state index >= 15 is 0 Å². The van der Waals surface area contributed by atoms with E-state index in [1.807, 2.05) is 42.5 Å². The molecule has 2 atom stereocenters. The lowest BCUT2D eigenvalue weighted by atomic mass is 10.0. The highest BCUT2D eigenvalue weighted by atomic mass is 16.5. The fourth-order valence-corrected chi connectivity index (χ4v) is 1.85. The molecule has 2 aromatic rings. The van der Waals surface area contributed by atoms with E-state index in [1.54, 1.807) is 19.1 Å². The number of aliphatic hydroxyl groups excluding tert-OH is 2. The average Bonchev–Trinajstić information content (AvgIpc) is 2.45. The van der Waals surface area contributed by atoms with Crippen molar-refractivity contribution >= 4 is 0 Å². The maximum atomic E-state index is 9.95. The number of hydrogen-bond acceptors (Lipinski definition) is 3. The third-order valence-electron chi connectivity index (χ3n) is 2.93. The van der Waals surface area contributed by atoms with Crippen molar-refractivity contribution in [3.8, 4) is 5.75 Å². The summed E-state index contributed by atoms with van der Waals surface area (Å²) in [5.74, 6) is 0.597. The predicted molar refractivity (Wildman–Crippen MR) is 73.9 cm³/mol. The zero-order valence-electron chi connectivity index (χ0n) is 10.9. The summed E-state index contributed by atoms with van der Waals surface area (Å²) >= 11 is 0. The van der Waals surface area contributed by atoms with Crippen LogP contribution in [0.5, 0.6) is 5.75 Å². The first-order chi connectivity index (χ1) is 9.18. The largest absolute Gasteiger partial charge is 0.489 e. The summed E-state index contributed by atoms with van der Waals surface area (Å²) in [7, 11) is 0. The van der Waals surface area contributed by atoms with Gasteiger partial charge in [0.25, 0.3) is 0 Å². The topological polar surface area (TPSA) is 49.7 Å². The number of benzene rings is 2. The van der Waals surface area contributed by atoms with E-state index in [0.717, 1.165) is 5.56 Å². The van der Waals surface area contributed by atoms with E-state index in [9.17, 15) is 10.2 Å². The molecule has 0 amide bonds. The minimum atomic E-state index is -0.938. The minimum Gasteiger partial charge on any atom is -0.489 e. The second kappa shape index (κ2) is 6.36. The van der Waals surface area contributed by atoms with Crippen LogP contribution in [0.2, 0.25) is 0 Å². The third-order valence-corrected chi connectivity index (χ3v) is 2.93. The smallest absolute Gasteiger partial charge is 0.125 e. The van der Waals surface area contributed by atoms with Crippen molar-refractivity contribution in [2.75, 3.05) is 0 Å². The molecular weight excluding hydrogens is 240 g/mol.